The molecular weight excluding hydrogens is 476 g/mol. The van der Waals surface area contributed by atoms with E-state index in [1.54, 1.807) is 4.90 Å². The summed E-state index contributed by atoms with van der Waals surface area (Å²) < 4.78 is 0. The Morgan fingerprint density at radius 2 is 1.71 bits per heavy atom. The zero-order chi connectivity index (χ0) is 26.8. The highest BCUT2D eigenvalue weighted by Gasteiger charge is 2.50. The molecule has 3 aliphatic rings. The number of fused-ring (bicyclic) bond motifs is 1. The first-order valence-corrected chi connectivity index (χ1v) is 14.2. The maximum absolute atomic E-state index is 14.4. The molecule has 1 saturated carbocycles. The van der Waals surface area contributed by atoms with Crippen LogP contribution in [0.5, 0.6) is 0 Å². The summed E-state index contributed by atoms with van der Waals surface area (Å²) in [7, 11) is 0. The van der Waals surface area contributed by atoms with E-state index < -0.39 is 18.1 Å². The van der Waals surface area contributed by atoms with Gasteiger partial charge < -0.3 is 15.5 Å². The molecule has 3 amide bonds. The van der Waals surface area contributed by atoms with Crippen molar-refractivity contribution in [2.24, 2.45) is 11.8 Å². The van der Waals surface area contributed by atoms with Gasteiger partial charge in [-0.1, -0.05) is 63.4 Å². The molecule has 5 rings (SSSR count). The molecule has 7 nitrogen and oxygen atoms in total. The Bertz CT molecular complexity index is 1160. The minimum atomic E-state index is -0.953. The molecule has 2 aliphatic carbocycles. The zero-order valence-electron chi connectivity index (χ0n) is 22.8. The largest absolute Gasteiger partial charge is 0.351 e. The second kappa shape index (κ2) is 11.3. The van der Waals surface area contributed by atoms with Gasteiger partial charge in [0.1, 0.15) is 12.1 Å². The average Bonchev–Trinajstić information content (AvgIpc) is 3.32. The van der Waals surface area contributed by atoms with E-state index in [4.69, 9.17) is 4.98 Å². The quantitative estimate of drug-likeness (QED) is 0.581. The standard InChI is InChI=1S/C31H40N4O3/c1-19(2)16-26-29(36)34-27(23-17-21-11-7-8-12-22(21)18-23)31(38)35(26)28(25-15-9-10-20(3)32-25)30(37)33-24-13-5-4-6-14-24/h7-12,15,19,23-24,26-28H,4-6,13-14,16-18H2,1-3H3,(H,33,37)(H,34,36)/t26-,27?,28?/m1/s1. The first-order valence-electron chi connectivity index (χ1n) is 14.2. The summed E-state index contributed by atoms with van der Waals surface area (Å²) in [5, 5.41) is 6.32. The number of rotatable bonds is 7. The van der Waals surface area contributed by atoms with Crippen molar-refractivity contribution in [2.75, 3.05) is 0 Å². The first-order chi connectivity index (χ1) is 18.3. The van der Waals surface area contributed by atoms with Gasteiger partial charge in [-0.25, -0.2) is 0 Å². The van der Waals surface area contributed by atoms with Crippen LogP contribution < -0.4 is 10.6 Å². The van der Waals surface area contributed by atoms with Gasteiger partial charge in [0.2, 0.25) is 17.7 Å². The van der Waals surface area contributed by atoms with Gasteiger partial charge in [-0.05, 0) is 74.1 Å². The molecule has 2 heterocycles. The Morgan fingerprint density at radius 1 is 1.03 bits per heavy atom. The van der Waals surface area contributed by atoms with Crippen LogP contribution in [0.1, 0.15) is 80.9 Å². The van der Waals surface area contributed by atoms with Crippen molar-refractivity contribution in [1.82, 2.24) is 20.5 Å². The minimum absolute atomic E-state index is 0.0427. The van der Waals surface area contributed by atoms with Gasteiger partial charge in [-0.3, -0.25) is 19.4 Å². The van der Waals surface area contributed by atoms with Gasteiger partial charge in [-0.2, -0.15) is 0 Å². The number of benzene rings is 1. The fourth-order valence-electron chi connectivity index (χ4n) is 6.52. The summed E-state index contributed by atoms with van der Waals surface area (Å²) in [6.45, 7) is 5.96. The molecule has 202 valence electrons. The zero-order valence-corrected chi connectivity index (χ0v) is 22.8. The van der Waals surface area contributed by atoms with Gasteiger partial charge in [0, 0.05) is 11.7 Å². The van der Waals surface area contributed by atoms with E-state index in [0.29, 0.717) is 12.1 Å². The van der Waals surface area contributed by atoms with E-state index >= 15 is 0 Å². The van der Waals surface area contributed by atoms with E-state index in [1.807, 2.05) is 51.1 Å². The molecule has 7 heteroatoms. The van der Waals surface area contributed by atoms with Gasteiger partial charge >= 0.3 is 0 Å². The normalized spacial score (nSPS) is 23.3. The maximum atomic E-state index is 14.4. The molecule has 2 unspecified atom stereocenters. The Morgan fingerprint density at radius 3 is 2.34 bits per heavy atom. The highest BCUT2D eigenvalue weighted by molar-refractivity contribution is 6.00. The summed E-state index contributed by atoms with van der Waals surface area (Å²) >= 11 is 0. The minimum Gasteiger partial charge on any atom is -0.351 e. The van der Waals surface area contributed by atoms with E-state index in [2.05, 4.69) is 22.8 Å². The topological polar surface area (TPSA) is 91.4 Å². The maximum Gasteiger partial charge on any atom is 0.249 e. The van der Waals surface area contributed by atoms with E-state index in [1.165, 1.54) is 17.5 Å². The Kier molecular flexibility index (Phi) is 7.82. The van der Waals surface area contributed by atoms with Crippen LogP contribution >= 0.6 is 0 Å². The molecule has 0 bridgehead atoms. The number of hydrogen-bond donors (Lipinski definition) is 2. The highest BCUT2D eigenvalue weighted by Crippen LogP contribution is 2.35. The van der Waals surface area contributed by atoms with Crippen LogP contribution in [-0.4, -0.2) is 45.7 Å². The van der Waals surface area contributed by atoms with Crippen LogP contribution in [0.4, 0.5) is 0 Å². The average molecular weight is 517 g/mol. The van der Waals surface area contributed by atoms with Crippen molar-refractivity contribution < 1.29 is 14.4 Å². The van der Waals surface area contributed by atoms with Gasteiger partial charge in [0.05, 0.1) is 5.69 Å². The Balaban J connectivity index is 1.51. The molecule has 1 aliphatic heterocycles. The second-order valence-electron chi connectivity index (χ2n) is 11.8. The van der Waals surface area contributed by atoms with Crippen molar-refractivity contribution in [1.29, 1.82) is 0 Å². The predicted molar refractivity (Wildman–Crippen MR) is 146 cm³/mol. The fourth-order valence-corrected chi connectivity index (χ4v) is 6.52. The SMILES string of the molecule is Cc1cccc(C(C(=O)NC2CCCCC2)N2C(=O)C(C3Cc4ccccc4C3)NC(=O)[C@H]2CC(C)C)n1. The van der Waals surface area contributed by atoms with Gasteiger partial charge in [0.25, 0.3) is 0 Å². The predicted octanol–water partition coefficient (Wildman–Crippen LogP) is 4.04. The molecule has 38 heavy (non-hydrogen) atoms. The lowest BCUT2D eigenvalue weighted by Gasteiger charge is -2.44. The van der Waals surface area contributed by atoms with Crippen LogP contribution in [0.15, 0.2) is 42.5 Å². The number of piperazine rings is 1. The van der Waals surface area contributed by atoms with Crippen molar-refractivity contribution in [3.63, 3.8) is 0 Å². The lowest BCUT2D eigenvalue weighted by molar-refractivity contribution is -0.158. The van der Waals surface area contributed by atoms with Crippen LogP contribution in [0.25, 0.3) is 0 Å². The summed E-state index contributed by atoms with van der Waals surface area (Å²) in [5.41, 5.74) is 3.74. The number of pyridine rings is 1. The third kappa shape index (κ3) is 5.47. The second-order valence-corrected chi connectivity index (χ2v) is 11.8. The third-order valence-corrected chi connectivity index (χ3v) is 8.37. The van der Waals surface area contributed by atoms with Crippen LogP contribution in [0.3, 0.4) is 0 Å². The van der Waals surface area contributed by atoms with Crippen molar-refractivity contribution in [3.8, 4) is 0 Å². The van der Waals surface area contributed by atoms with Crippen molar-refractivity contribution >= 4 is 17.7 Å². The lowest BCUT2D eigenvalue weighted by atomic mass is 9.88. The lowest BCUT2D eigenvalue weighted by Crippen LogP contribution is -2.67. The monoisotopic (exact) mass is 516 g/mol. The van der Waals surface area contributed by atoms with E-state index in [-0.39, 0.29) is 35.6 Å². The molecule has 2 aromatic rings. The number of carbonyl (C=O) groups is 3. The molecule has 0 spiro atoms. The molecular formula is C31H40N4O3. The van der Waals surface area contributed by atoms with Gasteiger partial charge in [-0.15, -0.1) is 0 Å². The van der Waals surface area contributed by atoms with Crippen LogP contribution in [0, 0.1) is 18.8 Å². The Hall–Kier alpha value is -3.22. The molecule has 1 aromatic heterocycles. The summed E-state index contributed by atoms with van der Waals surface area (Å²) in [4.78, 5) is 48.4. The van der Waals surface area contributed by atoms with Crippen LogP contribution in [-0.2, 0) is 27.2 Å². The van der Waals surface area contributed by atoms with Gasteiger partial charge in [0.15, 0.2) is 6.04 Å². The van der Waals surface area contributed by atoms with Crippen LogP contribution in [0.2, 0.25) is 0 Å². The smallest absolute Gasteiger partial charge is 0.249 e. The summed E-state index contributed by atoms with van der Waals surface area (Å²) in [5.74, 6) is -0.470. The number of aryl methyl sites for hydroxylation is 1. The summed E-state index contributed by atoms with van der Waals surface area (Å²) in [6.07, 6.45) is 7.18. The highest BCUT2D eigenvalue weighted by atomic mass is 16.2. The number of hydrogen-bond acceptors (Lipinski definition) is 4. The summed E-state index contributed by atoms with van der Waals surface area (Å²) in [6, 6.07) is 11.5. The number of carbonyl (C=O) groups excluding carboxylic acids is 3. The van der Waals surface area contributed by atoms with Crippen molar-refractivity contribution in [2.45, 2.75) is 96.3 Å². The first kappa shape index (κ1) is 26.4. The fraction of sp³-hybridized carbons (Fsp3) is 0.548. The number of aromatic nitrogens is 1. The van der Waals surface area contributed by atoms with E-state index in [0.717, 1.165) is 44.2 Å². The molecule has 1 saturated heterocycles. The third-order valence-electron chi connectivity index (χ3n) is 8.37. The van der Waals surface area contributed by atoms with E-state index in [9.17, 15) is 14.4 Å². The molecule has 3 atom stereocenters. The molecule has 1 aromatic carbocycles. The molecule has 0 radical (unpaired) electrons. The molecule has 2 N–H and O–H groups in total. The molecule has 2 fully saturated rings. The number of nitrogens with one attached hydrogen (secondary N) is 2. The Labute approximate surface area is 225 Å². The van der Waals surface area contributed by atoms with Crippen molar-refractivity contribution in [3.05, 3.63) is 65.0 Å². The number of amides is 3. The number of nitrogens with zero attached hydrogens (tertiary/aromatic N) is 2.